The molecule has 4 aromatic carbocycles. The molecular formula is C30H27N3. The van der Waals surface area contributed by atoms with E-state index in [4.69, 9.17) is 9.97 Å². The zero-order chi connectivity index (χ0) is 22.7. The summed E-state index contributed by atoms with van der Waals surface area (Å²) in [5.74, 6) is 0. The van der Waals surface area contributed by atoms with Gasteiger partial charge in [0.2, 0.25) is 0 Å². The lowest BCUT2D eigenvalue weighted by atomic mass is 9.86. The van der Waals surface area contributed by atoms with Crippen molar-refractivity contribution in [2.45, 2.75) is 27.2 Å². The van der Waals surface area contributed by atoms with Gasteiger partial charge >= 0.3 is 0 Å². The first-order valence-electron chi connectivity index (χ1n) is 11.5. The molecule has 0 spiro atoms. The second-order valence-electron chi connectivity index (χ2n) is 10.3. The first-order chi connectivity index (χ1) is 15.9. The van der Waals surface area contributed by atoms with E-state index in [1.165, 1.54) is 38.0 Å². The highest BCUT2D eigenvalue weighted by Crippen LogP contribution is 2.41. The fourth-order valence-electron chi connectivity index (χ4n) is 5.26. The predicted octanol–water partition coefficient (Wildman–Crippen LogP) is 7.68. The molecule has 0 aliphatic rings. The summed E-state index contributed by atoms with van der Waals surface area (Å²) in [5.41, 5.74) is 5.91. The molecule has 0 amide bonds. The zero-order valence-corrected chi connectivity index (χ0v) is 19.6. The van der Waals surface area contributed by atoms with Gasteiger partial charge in [-0.1, -0.05) is 81.4 Å². The van der Waals surface area contributed by atoms with E-state index in [-0.39, 0.29) is 5.41 Å². The van der Waals surface area contributed by atoms with Gasteiger partial charge in [-0.2, -0.15) is 0 Å². The number of aryl methyl sites for hydroxylation is 1. The summed E-state index contributed by atoms with van der Waals surface area (Å²) in [5, 5.41) is 7.38. The van der Waals surface area contributed by atoms with Crippen LogP contribution in [0.15, 0.2) is 79.1 Å². The summed E-state index contributed by atoms with van der Waals surface area (Å²) in [7, 11) is 2.14. The average Bonchev–Trinajstić information content (AvgIpc) is 3.11. The van der Waals surface area contributed by atoms with E-state index in [2.05, 4.69) is 105 Å². The standard InChI is InChI=1S/C30H27N3/c1-30(2,3)17-23-16-21-11-7-8-12-24(21)25-26-27(31-18-32-29(26)33(4)28(23)25)22-14-13-19-9-5-6-10-20(19)15-22/h5-16,18H,17H2,1-4H3. The molecule has 3 nitrogen and oxygen atoms in total. The van der Waals surface area contributed by atoms with Gasteiger partial charge in [0.15, 0.2) is 0 Å². The van der Waals surface area contributed by atoms with Gasteiger partial charge in [-0.05, 0) is 51.1 Å². The molecule has 0 saturated heterocycles. The lowest BCUT2D eigenvalue weighted by molar-refractivity contribution is 0.412. The molecule has 162 valence electrons. The van der Waals surface area contributed by atoms with Crippen LogP contribution >= 0.6 is 0 Å². The smallest absolute Gasteiger partial charge is 0.144 e. The fourth-order valence-corrected chi connectivity index (χ4v) is 5.26. The molecule has 0 N–H and O–H groups in total. The fraction of sp³-hybridized carbons (Fsp3) is 0.200. The lowest BCUT2D eigenvalue weighted by Gasteiger charge is -2.20. The monoisotopic (exact) mass is 429 g/mol. The van der Waals surface area contributed by atoms with E-state index in [0.717, 1.165) is 28.7 Å². The minimum absolute atomic E-state index is 0.179. The Morgan fingerprint density at radius 3 is 2.27 bits per heavy atom. The van der Waals surface area contributed by atoms with Crippen molar-refractivity contribution in [2.24, 2.45) is 12.5 Å². The Bertz CT molecular complexity index is 1680. The van der Waals surface area contributed by atoms with E-state index in [1.54, 1.807) is 6.33 Å². The third kappa shape index (κ3) is 3.19. The number of rotatable bonds is 2. The number of benzene rings is 4. The van der Waals surface area contributed by atoms with Crippen LogP contribution in [0.2, 0.25) is 0 Å². The van der Waals surface area contributed by atoms with Gasteiger partial charge in [0.1, 0.15) is 12.0 Å². The van der Waals surface area contributed by atoms with Crippen molar-refractivity contribution in [1.82, 2.24) is 14.5 Å². The highest BCUT2D eigenvalue weighted by Gasteiger charge is 2.22. The van der Waals surface area contributed by atoms with Crippen molar-refractivity contribution in [3.63, 3.8) is 0 Å². The number of aromatic nitrogens is 3. The largest absolute Gasteiger partial charge is 0.328 e. The summed E-state index contributed by atoms with van der Waals surface area (Å²) in [6.45, 7) is 6.91. The van der Waals surface area contributed by atoms with Crippen LogP contribution in [-0.2, 0) is 13.5 Å². The highest BCUT2D eigenvalue weighted by atomic mass is 15.0. The van der Waals surface area contributed by atoms with E-state index < -0.39 is 0 Å². The maximum absolute atomic E-state index is 4.83. The Morgan fingerprint density at radius 1 is 0.758 bits per heavy atom. The maximum atomic E-state index is 4.83. The molecular weight excluding hydrogens is 402 g/mol. The molecule has 6 rings (SSSR count). The Labute approximate surface area is 193 Å². The van der Waals surface area contributed by atoms with Crippen LogP contribution in [-0.4, -0.2) is 14.5 Å². The van der Waals surface area contributed by atoms with Gasteiger partial charge in [0.25, 0.3) is 0 Å². The van der Waals surface area contributed by atoms with E-state index in [1.807, 2.05) is 0 Å². The SMILES string of the molecule is Cn1c2ncnc(-c3ccc4ccccc4c3)c2c2c3ccccc3cc(CC(C)(C)C)c21. The van der Waals surface area contributed by atoms with Gasteiger partial charge < -0.3 is 4.57 Å². The van der Waals surface area contributed by atoms with E-state index >= 15 is 0 Å². The summed E-state index contributed by atoms with van der Waals surface area (Å²) in [6.07, 6.45) is 2.70. The van der Waals surface area contributed by atoms with Gasteiger partial charge in [0.05, 0.1) is 16.6 Å². The normalized spacial score (nSPS) is 12.4. The van der Waals surface area contributed by atoms with Gasteiger partial charge in [-0.15, -0.1) is 0 Å². The average molecular weight is 430 g/mol. The second-order valence-corrected chi connectivity index (χ2v) is 10.3. The summed E-state index contributed by atoms with van der Waals surface area (Å²) in [4.78, 5) is 9.60. The number of fused-ring (bicyclic) bond motifs is 6. The third-order valence-electron chi connectivity index (χ3n) is 6.57. The first kappa shape index (κ1) is 19.9. The van der Waals surface area contributed by atoms with Crippen molar-refractivity contribution in [3.8, 4) is 11.3 Å². The van der Waals surface area contributed by atoms with Crippen LogP contribution in [0.1, 0.15) is 26.3 Å². The zero-order valence-electron chi connectivity index (χ0n) is 19.6. The molecule has 2 heterocycles. The Hall–Kier alpha value is -3.72. The first-order valence-corrected chi connectivity index (χ1v) is 11.5. The Kier molecular flexibility index (Phi) is 4.31. The second kappa shape index (κ2) is 7.14. The number of hydrogen-bond donors (Lipinski definition) is 0. The molecule has 0 unspecified atom stereocenters. The summed E-state index contributed by atoms with van der Waals surface area (Å²) < 4.78 is 2.27. The molecule has 0 atom stereocenters. The molecule has 2 aromatic heterocycles. The third-order valence-corrected chi connectivity index (χ3v) is 6.57. The molecule has 3 heteroatoms. The topological polar surface area (TPSA) is 30.7 Å². The van der Waals surface area contributed by atoms with E-state index in [9.17, 15) is 0 Å². The van der Waals surface area contributed by atoms with Crippen LogP contribution in [0.25, 0.3) is 54.7 Å². The van der Waals surface area contributed by atoms with Crippen molar-refractivity contribution in [2.75, 3.05) is 0 Å². The molecule has 0 saturated carbocycles. The van der Waals surface area contributed by atoms with Gasteiger partial charge in [-0.3, -0.25) is 0 Å². The Balaban J connectivity index is 1.78. The molecule has 6 aromatic rings. The number of nitrogens with zero attached hydrogens (tertiary/aromatic N) is 3. The van der Waals surface area contributed by atoms with Gasteiger partial charge in [-0.25, -0.2) is 9.97 Å². The maximum Gasteiger partial charge on any atom is 0.144 e. The predicted molar refractivity (Wildman–Crippen MR) is 140 cm³/mol. The molecule has 0 aliphatic carbocycles. The van der Waals surface area contributed by atoms with Crippen molar-refractivity contribution in [1.29, 1.82) is 0 Å². The molecule has 0 aliphatic heterocycles. The van der Waals surface area contributed by atoms with Crippen LogP contribution in [0.4, 0.5) is 0 Å². The van der Waals surface area contributed by atoms with Crippen molar-refractivity contribution >= 4 is 43.5 Å². The van der Waals surface area contributed by atoms with Crippen LogP contribution in [0, 0.1) is 5.41 Å². The van der Waals surface area contributed by atoms with Crippen LogP contribution in [0.3, 0.4) is 0 Å². The summed E-state index contributed by atoms with van der Waals surface area (Å²) in [6, 6.07) is 26.2. The van der Waals surface area contributed by atoms with Gasteiger partial charge in [0, 0.05) is 18.0 Å². The molecule has 33 heavy (non-hydrogen) atoms. The lowest BCUT2D eigenvalue weighted by Crippen LogP contribution is -2.10. The Morgan fingerprint density at radius 2 is 1.48 bits per heavy atom. The van der Waals surface area contributed by atoms with Crippen LogP contribution < -0.4 is 0 Å². The number of hydrogen-bond acceptors (Lipinski definition) is 2. The van der Waals surface area contributed by atoms with E-state index in [0.29, 0.717) is 0 Å². The highest BCUT2D eigenvalue weighted by molar-refractivity contribution is 6.24. The minimum atomic E-state index is 0.179. The minimum Gasteiger partial charge on any atom is -0.328 e. The van der Waals surface area contributed by atoms with Crippen LogP contribution in [0.5, 0.6) is 0 Å². The van der Waals surface area contributed by atoms with Crippen molar-refractivity contribution in [3.05, 3.63) is 84.7 Å². The molecule has 0 radical (unpaired) electrons. The molecule has 0 bridgehead atoms. The quantitative estimate of drug-likeness (QED) is 0.282. The van der Waals surface area contributed by atoms with Crippen molar-refractivity contribution < 1.29 is 0 Å². The summed E-state index contributed by atoms with van der Waals surface area (Å²) >= 11 is 0. The molecule has 0 fully saturated rings.